The summed E-state index contributed by atoms with van der Waals surface area (Å²) in [5.74, 6) is 1.69. The molecule has 0 N–H and O–H groups in total. The molecular weight excluding hydrogens is 408 g/mol. The maximum absolute atomic E-state index is 13.4. The number of hydrogen-bond acceptors (Lipinski definition) is 5. The highest BCUT2D eigenvalue weighted by atomic mass is 32.2. The van der Waals surface area contributed by atoms with Crippen LogP contribution in [-0.2, 0) is 11.2 Å². The SMILES string of the molecule is COc1ccc(-c2nnc(S[C@@H](C)C(=O)N3c4ccccc4C[C@@H]3C)n2C(C)C)cc1. The van der Waals surface area contributed by atoms with Gasteiger partial charge in [0, 0.05) is 23.3 Å². The average molecular weight is 437 g/mol. The quantitative estimate of drug-likeness (QED) is 0.509. The molecule has 162 valence electrons. The van der Waals surface area contributed by atoms with Crippen LogP contribution in [0.2, 0.25) is 0 Å². The summed E-state index contributed by atoms with van der Waals surface area (Å²) in [6.45, 7) is 8.26. The molecule has 2 atom stereocenters. The fourth-order valence-electron chi connectivity index (χ4n) is 4.07. The van der Waals surface area contributed by atoms with Gasteiger partial charge in [-0.15, -0.1) is 10.2 Å². The summed E-state index contributed by atoms with van der Waals surface area (Å²) in [4.78, 5) is 15.3. The monoisotopic (exact) mass is 436 g/mol. The number of anilines is 1. The van der Waals surface area contributed by atoms with Gasteiger partial charge in [0.2, 0.25) is 5.91 Å². The molecule has 0 aliphatic carbocycles. The molecule has 31 heavy (non-hydrogen) atoms. The minimum atomic E-state index is -0.279. The molecule has 2 heterocycles. The minimum Gasteiger partial charge on any atom is -0.497 e. The summed E-state index contributed by atoms with van der Waals surface area (Å²) in [6.07, 6.45) is 0.892. The average Bonchev–Trinajstić information content (AvgIpc) is 3.33. The van der Waals surface area contributed by atoms with E-state index in [-0.39, 0.29) is 23.2 Å². The van der Waals surface area contributed by atoms with Crippen molar-refractivity contribution in [2.75, 3.05) is 12.0 Å². The van der Waals surface area contributed by atoms with Crippen molar-refractivity contribution in [1.82, 2.24) is 14.8 Å². The number of rotatable bonds is 6. The summed E-state index contributed by atoms with van der Waals surface area (Å²) < 4.78 is 7.36. The van der Waals surface area contributed by atoms with Crippen molar-refractivity contribution in [3.8, 4) is 17.1 Å². The van der Waals surface area contributed by atoms with E-state index < -0.39 is 0 Å². The fourth-order valence-corrected chi connectivity index (χ4v) is 5.09. The van der Waals surface area contributed by atoms with Crippen molar-refractivity contribution in [2.45, 2.75) is 56.6 Å². The second kappa shape index (κ2) is 8.75. The lowest BCUT2D eigenvalue weighted by molar-refractivity contribution is -0.118. The van der Waals surface area contributed by atoms with Crippen molar-refractivity contribution >= 4 is 23.4 Å². The number of benzene rings is 2. The Morgan fingerprint density at radius 3 is 2.48 bits per heavy atom. The highest BCUT2D eigenvalue weighted by Crippen LogP contribution is 2.36. The van der Waals surface area contributed by atoms with Crippen molar-refractivity contribution in [2.24, 2.45) is 0 Å². The molecular formula is C24H28N4O2S. The van der Waals surface area contributed by atoms with Crippen LogP contribution in [0.5, 0.6) is 5.75 Å². The third-order valence-electron chi connectivity index (χ3n) is 5.60. The van der Waals surface area contributed by atoms with Crippen LogP contribution in [0.4, 0.5) is 5.69 Å². The summed E-state index contributed by atoms with van der Waals surface area (Å²) in [5, 5.41) is 9.37. The van der Waals surface area contributed by atoms with E-state index in [9.17, 15) is 4.79 Å². The van der Waals surface area contributed by atoms with E-state index in [1.165, 1.54) is 17.3 Å². The molecule has 6 nitrogen and oxygen atoms in total. The van der Waals surface area contributed by atoms with Crippen molar-refractivity contribution in [3.05, 3.63) is 54.1 Å². The van der Waals surface area contributed by atoms with Crippen LogP contribution < -0.4 is 9.64 Å². The summed E-state index contributed by atoms with van der Waals surface area (Å²) in [7, 11) is 1.65. The van der Waals surface area contributed by atoms with E-state index in [2.05, 4.69) is 41.6 Å². The lowest BCUT2D eigenvalue weighted by Crippen LogP contribution is -2.40. The molecule has 4 rings (SSSR count). The number of thioether (sulfide) groups is 1. The normalized spacial score (nSPS) is 16.5. The molecule has 0 fully saturated rings. The van der Waals surface area contributed by atoms with Gasteiger partial charge in [-0.2, -0.15) is 0 Å². The first-order valence-electron chi connectivity index (χ1n) is 10.6. The van der Waals surface area contributed by atoms with Gasteiger partial charge in [0.05, 0.1) is 12.4 Å². The number of nitrogens with zero attached hydrogens (tertiary/aromatic N) is 4. The van der Waals surface area contributed by atoms with Crippen LogP contribution in [0.25, 0.3) is 11.4 Å². The molecule has 0 bridgehead atoms. The van der Waals surface area contributed by atoms with Gasteiger partial charge < -0.3 is 9.64 Å². The first-order chi connectivity index (χ1) is 14.9. The lowest BCUT2D eigenvalue weighted by atomic mass is 10.1. The van der Waals surface area contributed by atoms with Crippen LogP contribution in [0.15, 0.2) is 53.7 Å². The second-order valence-electron chi connectivity index (χ2n) is 8.15. The van der Waals surface area contributed by atoms with E-state index in [0.717, 1.165) is 34.4 Å². The predicted molar refractivity (Wildman–Crippen MR) is 125 cm³/mol. The fraction of sp³-hybridized carbons (Fsp3) is 0.375. The molecule has 1 aliphatic rings. The van der Waals surface area contributed by atoms with E-state index in [1.807, 2.05) is 54.3 Å². The lowest BCUT2D eigenvalue weighted by Gasteiger charge is -2.26. The molecule has 0 saturated carbocycles. The Morgan fingerprint density at radius 2 is 1.81 bits per heavy atom. The molecule has 0 radical (unpaired) electrons. The molecule has 7 heteroatoms. The topological polar surface area (TPSA) is 60.3 Å². The van der Waals surface area contributed by atoms with E-state index in [0.29, 0.717) is 0 Å². The number of methoxy groups -OCH3 is 1. The first kappa shape index (κ1) is 21.4. The highest BCUT2D eigenvalue weighted by molar-refractivity contribution is 8.00. The van der Waals surface area contributed by atoms with Crippen molar-refractivity contribution in [1.29, 1.82) is 0 Å². The number of aromatic nitrogens is 3. The number of carbonyl (C=O) groups excluding carboxylic acids is 1. The van der Waals surface area contributed by atoms with Crippen LogP contribution in [0.1, 0.15) is 39.3 Å². The minimum absolute atomic E-state index is 0.103. The van der Waals surface area contributed by atoms with Gasteiger partial charge in [0.25, 0.3) is 0 Å². The number of amides is 1. The largest absolute Gasteiger partial charge is 0.497 e. The van der Waals surface area contributed by atoms with Crippen molar-refractivity contribution in [3.63, 3.8) is 0 Å². The Balaban J connectivity index is 1.59. The van der Waals surface area contributed by atoms with Gasteiger partial charge in [-0.1, -0.05) is 30.0 Å². The number of fused-ring (bicyclic) bond motifs is 1. The molecule has 0 spiro atoms. The Hall–Kier alpha value is -2.80. The Morgan fingerprint density at radius 1 is 1.10 bits per heavy atom. The zero-order valence-corrected chi connectivity index (χ0v) is 19.4. The molecule has 1 aromatic heterocycles. The highest BCUT2D eigenvalue weighted by Gasteiger charge is 2.34. The third kappa shape index (κ3) is 4.06. The first-order valence-corrected chi connectivity index (χ1v) is 11.5. The molecule has 0 saturated heterocycles. The van der Waals surface area contributed by atoms with Gasteiger partial charge in [-0.05, 0) is 70.0 Å². The van der Waals surface area contributed by atoms with E-state index in [1.54, 1.807) is 7.11 Å². The zero-order chi connectivity index (χ0) is 22.1. The zero-order valence-electron chi connectivity index (χ0n) is 18.6. The second-order valence-corrected chi connectivity index (χ2v) is 9.46. The molecule has 0 unspecified atom stereocenters. The van der Waals surface area contributed by atoms with E-state index in [4.69, 9.17) is 4.74 Å². The van der Waals surface area contributed by atoms with Gasteiger partial charge in [0.1, 0.15) is 5.75 Å². The molecule has 2 aromatic carbocycles. The Bertz CT molecular complexity index is 1080. The predicted octanol–water partition coefficient (Wildman–Crippen LogP) is 4.99. The van der Waals surface area contributed by atoms with Crippen LogP contribution >= 0.6 is 11.8 Å². The summed E-state index contributed by atoms with van der Waals surface area (Å²) in [5.41, 5.74) is 3.22. The van der Waals surface area contributed by atoms with Crippen LogP contribution in [-0.4, -0.2) is 39.1 Å². The smallest absolute Gasteiger partial charge is 0.240 e. The van der Waals surface area contributed by atoms with Gasteiger partial charge in [0.15, 0.2) is 11.0 Å². The number of hydrogen-bond donors (Lipinski definition) is 0. The molecule has 1 aliphatic heterocycles. The van der Waals surface area contributed by atoms with Gasteiger partial charge >= 0.3 is 0 Å². The Labute approximate surface area is 187 Å². The van der Waals surface area contributed by atoms with Gasteiger partial charge in [-0.25, -0.2) is 0 Å². The number of ether oxygens (including phenoxy) is 1. The van der Waals surface area contributed by atoms with E-state index >= 15 is 0 Å². The molecule has 1 amide bonds. The summed E-state index contributed by atoms with van der Waals surface area (Å²) >= 11 is 1.47. The number of para-hydroxylation sites is 1. The Kier molecular flexibility index (Phi) is 6.05. The molecule has 3 aromatic rings. The number of carbonyl (C=O) groups is 1. The van der Waals surface area contributed by atoms with Crippen LogP contribution in [0, 0.1) is 0 Å². The summed E-state index contributed by atoms with van der Waals surface area (Å²) in [6, 6.07) is 16.3. The van der Waals surface area contributed by atoms with Crippen LogP contribution in [0.3, 0.4) is 0 Å². The van der Waals surface area contributed by atoms with Crippen molar-refractivity contribution < 1.29 is 9.53 Å². The third-order valence-corrected chi connectivity index (χ3v) is 6.65. The van der Waals surface area contributed by atoms with Gasteiger partial charge in [-0.3, -0.25) is 9.36 Å². The maximum atomic E-state index is 13.4. The standard InChI is InChI=1S/C24H28N4O2S/c1-15(2)27-22(18-10-12-20(30-5)13-11-18)25-26-24(27)31-17(4)23(29)28-16(3)14-19-8-6-7-9-21(19)28/h6-13,15-17H,14H2,1-5H3/t16-,17-/m0/s1. The maximum Gasteiger partial charge on any atom is 0.240 e.